The van der Waals surface area contributed by atoms with Gasteiger partial charge in [-0.05, 0) is 0 Å². The summed E-state index contributed by atoms with van der Waals surface area (Å²) in [6, 6.07) is 0. The Morgan fingerprint density at radius 1 is 1.56 bits per heavy atom. The highest BCUT2D eigenvalue weighted by Crippen LogP contribution is 1.43. The van der Waals surface area contributed by atoms with E-state index in [9.17, 15) is 4.79 Å². The molecular formula is C2H9AlNO5. The van der Waals surface area contributed by atoms with Gasteiger partial charge in [0.1, 0.15) is 0 Å². The molecule has 0 aliphatic carbocycles. The van der Waals surface area contributed by atoms with Gasteiger partial charge >= 0.3 is 21.9 Å². The molecule has 0 amide bonds. The molecule has 7 N–H and O–H groups in total. The lowest BCUT2D eigenvalue weighted by molar-refractivity contribution is -0.135. The van der Waals surface area contributed by atoms with E-state index in [1.807, 2.05) is 0 Å². The van der Waals surface area contributed by atoms with Crippen molar-refractivity contribution in [3.05, 3.63) is 0 Å². The van der Waals surface area contributed by atoms with Crippen LogP contribution in [-0.4, -0.2) is 47.3 Å². The fraction of sp³-hybridized carbons (Fsp3) is 0.500. The van der Waals surface area contributed by atoms with Crippen molar-refractivity contribution in [1.82, 2.24) is 0 Å². The lowest BCUT2D eigenvalue weighted by Crippen LogP contribution is -2.10. The number of nitrogens with two attached hydrogens (primary N) is 1. The number of hydrogen-bond acceptors (Lipinski definition) is 4. The van der Waals surface area contributed by atoms with Crippen molar-refractivity contribution in [2.45, 2.75) is 0 Å². The Labute approximate surface area is 58.6 Å². The Hall–Kier alpha value is -0.158. The Morgan fingerprint density at radius 3 is 1.67 bits per heavy atom. The fourth-order valence-electron chi connectivity index (χ4n) is 0. The molecule has 0 aromatic rings. The summed E-state index contributed by atoms with van der Waals surface area (Å²) in [6.07, 6.45) is 0. The van der Waals surface area contributed by atoms with E-state index in [1.54, 1.807) is 0 Å². The van der Waals surface area contributed by atoms with Crippen LogP contribution in [0.25, 0.3) is 0 Å². The number of hydrogen-bond donors (Lipinski definition) is 4. The normalized spacial score (nSPS) is 5.67. The zero-order valence-electron chi connectivity index (χ0n) is 4.61. The molecule has 0 aromatic carbocycles. The summed E-state index contributed by atoms with van der Waals surface area (Å²) in [5.74, 6) is -0.968. The molecule has 1 radical (unpaired) electrons. The first-order valence-corrected chi connectivity index (χ1v) is 2.74. The van der Waals surface area contributed by atoms with Gasteiger partial charge in [0.15, 0.2) is 0 Å². The van der Waals surface area contributed by atoms with E-state index in [0.717, 1.165) is 0 Å². The van der Waals surface area contributed by atoms with Gasteiger partial charge < -0.3 is 24.6 Å². The van der Waals surface area contributed by atoms with E-state index >= 15 is 0 Å². The lowest BCUT2D eigenvalue weighted by atomic mass is 10.7. The topological polar surface area (TPSA) is 135 Å². The Morgan fingerprint density at radius 2 is 1.67 bits per heavy atom. The number of rotatable bonds is 1. The van der Waals surface area contributed by atoms with Crippen molar-refractivity contribution in [3.8, 4) is 0 Å². The minimum Gasteiger partial charge on any atom is -0.499 e. The highest BCUT2D eigenvalue weighted by Gasteiger charge is 1.81. The third-order valence-electron chi connectivity index (χ3n) is 0.175. The molecular weight excluding hydrogens is 145 g/mol. The molecule has 0 fully saturated rings. The van der Waals surface area contributed by atoms with Crippen LogP contribution in [0, 0.1) is 0 Å². The maximum Gasteiger partial charge on any atom is 0.662 e. The monoisotopic (exact) mass is 154 g/mol. The quantitative estimate of drug-likeness (QED) is 0.293. The third-order valence-corrected chi connectivity index (χ3v) is 0.175. The van der Waals surface area contributed by atoms with Gasteiger partial charge in [-0.3, -0.25) is 4.79 Å². The zero-order valence-corrected chi connectivity index (χ0v) is 5.77. The molecule has 6 nitrogen and oxygen atoms in total. The Bertz CT molecular complexity index is 58.9. The van der Waals surface area contributed by atoms with Crippen LogP contribution < -0.4 is 5.73 Å². The summed E-state index contributed by atoms with van der Waals surface area (Å²) in [5, 5.41) is 7.60. The predicted molar refractivity (Wildman–Crippen MR) is 30.5 cm³/mol. The van der Waals surface area contributed by atoms with Gasteiger partial charge in [-0.2, -0.15) is 0 Å². The van der Waals surface area contributed by atoms with E-state index in [-0.39, 0.29) is 12.0 Å². The maximum absolute atomic E-state index is 9.24. The standard InChI is InChI=1S/C2H5NO2.Al.3H2O/c3-1-2(4)5;;;;/h1,3H2,(H,4,5);;3*1H2/q;+2;;;/p-2. The van der Waals surface area contributed by atoms with Crippen LogP contribution in [0.15, 0.2) is 0 Å². The zero-order chi connectivity index (χ0) is 6.99. The Balaban J connectivity index is -0.0000000800. The molecule has 0 atom stereocenters. The summed E-state index contributed by atoms with van der Waals surface area (Å²) < 4.78 is 14.4. The highest BCUT2D eigenvalue weighted by molar-refractivity contribution is 6.13. The van der Waals surface area contributed by atoms with Crippen LogP contribution in [0.1, 0.15) is 0 Å². The maximum atomic E-state index is 9.24. The predicted octanol–water partition coefficient (Wildman–Crippen LogP) is -3.29. The smallest absolute Gasteiger partial charge is 0.499 e. The van der Waals surface area contributed by atoms with E-state index in [1.165, 1.54) is 0 Å². The molecule has 9 heavy (non-hydrogen) atoms. The first-order chi connectivity index (χ1) is 3.68. The van der Waals surface area contributed by atoms with Gasteiger partial charge in [-0.25, -0.2) is 0 Å². The van der Waals surface area contributed by atoms with Crippen LogP contribution in [0.4, 0.5) is 0 Å². The van der Waals surface area contributed by atoms with Crippen LogP contribution in [0.2, 0.25) is 0 Å². The SMILES string of the molecule is NCC(=O)O.O.[OH][Al][OH]. The molecule has 0 unspecified atom stereocenters. The highest BCUT2D eigenvalue weighted by atomic mass is 27.2. The number of aliphatic carboxylic acids is 1. The number of carbonyl (C=O) groups is 1. The first kappa shape index (κ1) is 15.9. The molecule has 0 rings (SSSR count). The van der Waals surface area contributed by atoms with Gasteiger partial charge in [0.05, 0.1) is 6.54 Å². The molecule has 7 heteroatoms. The molecule has 0 saturated carbocycles. The van der Waals surface area contributed by atoms with Crippen molar-refractivity contribution < 1.29 is 23.7 Å². The summed E-state index contributed by atoms with van der Waals surface area (Å²) in [6.45, 7) is -0.278. The van der Waals surface area contributed by atoms with Crippen LogP contribution in [0.3, 0.4) is 0 Å². The molecule has 0 aliphatic rings. The van der Waals surface area contributed by atoms with Gasteiger partial charge in [-0.15, -0.1) is 0 Å². The second-order valence-electron chi connectivity index (χ2n) is 0.713. The molecule has 0 heterocycles. The average Bonchev–Trinajstić information content (AvgIpc) is 1.69. The fourth-order valence-corrected chi connectivity index (χ4v) is 0. The van der Waals surface area contributed by atoms with E-state index in [0.29, 0.717) is 0 Å². The van der Waals surface area contributed by atoms with E-state index < -0.39 is 21.9 Å². The molecule has 0 bridgehead atoms. The van der Waals surface area contributed by atoms with Crippen LogP contribution in [0.5, 0.6) is 0 Å². The summed E-state index contributed by atoms with van der Waals surface area (Å²) in [4.78, 5) is 9.24. The minimum atomic E-state index is -1.25. The van der Waals surface area contributed by atoms with Crippen molar-refractivity contribution >= 4 is 21.9 Å². The van der Waals surface area contributed by atoms with Crippen LogP contribution in [-0.2, 0) is 4.79 Å². The van der Waals surface area contributed by atoms with Crippen molar-refractivity contribution in [3.63, 3.8) is 0 Å². The van der Waals surface area contributed by atoms with Gasteiger partial charge in [0, 0.05) is 0 Å². The van der Waals surface area contributed by atoms with Crippen molar-refractivity contribution in [1.29, 1.82) is 0 Å². The molecule has 0 saturated heterocycles. The molecule has 0 aromatic heterocycles. The third kappa shape index (κ3) is 78.9. The number of carboxylic acid groups (broad SMARTS) is 1. The molecule has 0 spiro atoms. The second kappa shape index (κ2) is 15.7. The van der Waals surface area contributed by atoms with E-state index in [2.05, 4.69) is 5.73 Å². The van der Waals surface area contributed by atoms with Gasteiger partial charge in [-0.1, -0.05) is 0 Å². The average molecular weight is 154 g/mol. The second-order valence-corrected chi connectivity index (χ2v) is 0.944. The van der Waals surface area contributed by atoms with E-state index in [4.69, 9.17) is 13.4 Å². The molecule has 0 aliphatic heterocycles. The van der Waals surface area contributed by atoms with Crippen molar-refractivity contribution in [2.24, 2.45) is 5.73 Å². The Kier molecular flexibility index (Phi) is 27.7. The largest absolute Gasteiger partial charge is 0.662 e. The first-order valence-electron chi connectivity index (χ1n) is 1.71. The molecule has 55 valence electrons. The van der Waals surface area contributed by atoms with Crippen molar-refractivity contribution in [2.75, 3.05) is 6.54 Å². The summed E-state index contributed by atoms with van der Waals surface area (Å²) in [7, 11) is 0. The minimum absolute atomic E-state index is 0. The van der Waals surface area contributed by atoms with Gasteiger partial charge in [0.25, 0.3) is 0 Å². The lowest BCUT2D eigenvalue weighted by Gasteiger charge is -1.73. The number of carboxylic acids is 1. The van der Waals surface area contributed by atoms with Crippen LogP contribution >= 0.6 is 0 Å². The summed E-state index contributed by atoms with van der Waals surface area (Å²) in [5.41, 5.74) is 4.57. The van der Waals surface area contributed by atoms with Gasteiger partial charge in [0.2, 0.25) is 0 Å². The summed E-state index contributed by atoms with van der Waals surface area (Å²) >= 11 is -1.25.